The third-order valence-electron chi connectivity index (χ3n) is 6.22. The van der Waals surface area contributed by atoms with Crippen molar-refractivity contribution < 1.29 is 4.79 Å². The summed E-state index contributed by atoms with van der Waals surface area (Å²) in [5.74, 6) is -0.00979. The van der Waals surface area contributed by atoms with Gasteiger partial charge in [-0.15, -0.1) is 0 Å². The van der Waals surface area contributed by atoms with Crippen molar-refractivity contribution in [1.29, 1.82) is 0 Å². The van der Waals surface area contributed by atoms with Crippen molar-refractivity contribution >= 4 is 16.9 Å². The Kier molecular flexibility index (Phi) is 3.98. The van der Waals surface area contributed by atoms with E-state index in [1.165, 1.54) is 0 Å². The Morgan fingerprint density at radius 3 is 2.82 bits per heavy atom. The molecule has 0 spiro atoms. The molecule has 1 aromatic carbocycles. The molecule has 1 amide bonds. The molecule has 2 fully saturated rings. The predicted molar refractivity (Wildman–Crippen MR) is 109 cm³/mol. The minimum Gasteiger partial charge on any atom is -0.345 e. The van der Waals surface area contributed by atoms with E-state index in [0.29, 0.717) is 5.56 Å². The first-order valence-corrected chi connectivity index (χ1v) is 9.99. The second-order valence-corrected chi connectivity index (χ2v) is 8.19. The molecular weight excluding hydrogens is 350 g/mol. The van der Waals surface area contributed by atoms with Gasteiger partial charge >= 0.3 is 0 Å². The maximum absolute atomic E-state index is 13.5. The zero-order valence-corrected chi connectivity index (χ0v) is 16.4. The van der Waals surface area contributed by atoms with Crippen LogP contribution in [0.25, 0.3) is 22.3 Å². The molecule has 4 heterocycles. The molecule has 5 rings (SSSR count). The number of hydrogen-bond donors (Lipinski definition) is 1. The Balaban J connectivity index is 1.60. The molecule has 0 aliphatic carbocycles. The molecule has 2 bridgehead atoms. The van der Waals surface area contributed by atoms with Crippen LogP contribution in [0, 0.1) is 6.92 Å². The average molecular weight is 375 g/mol. The van der Waals surface area contributed by atoms with E-state index < -0.39 is 0 Å². The van der Waals surface area contributed by atoms with Gasteiger partial charge in [-0.05, 0) is 38.8 Å². The topological polar surface area (TPSA) is 63.1 Å². The summed E-state index contributed by atoms with van der Waals surface area (Å²) in [5.41, 5.74) is 3.97. The van der Waals surface area contributed by atoms with Crippen LogP contribution in [-0.4, -0.2) is 50.7 Å². The Labute approximate surface area is 164 Å². The molecule has 28 heavy (non-hydrogen) atoms. The third kappa shape index (κ3) is 2.79. The van der Waals surface area contributed by atoms with E-state index >= 15 is 0 Å². The second kappa shape index (κ2) is 6.41. The molecule has 1 N–H and O–H groups in total. The standard InChI is InChI=1S/C22H25N5O/c1-15-19-17(21(28)24-22-9-6-11-27(14-22)12-10-22)13-18(16-7-4-3-5-8-16)23-20(19)26(2)25-15/h3-5,7-8,13H,6,9-12,14H2,1-2H3,(H,24,28). The van der Waals surface area contributed by atoms with Crippen molar-refractivity contribution in [3.8, 4) is 11.3 Å². The monoisotopic (exact) mass is 375 g/mol. The van der Waals surface area contributed by atoms with Gasteiger partial charge in [0.15, 0.2) is 5.65 Å². The average Bonchev–Trinajstić information content (AvgIpc) is 3.16. The number of amides is 1. The van der Waals surface area contributed by atoms with Crippen molar-refractivity contribution in [2.24, 2.45) is 7.05 Å². The summed E-state index contributed by atoms with van der Waals surface area (Å²) in [5, 5.41) is 8.78. The summed E-state index contributed by atoms with van der Waals surface area (Å²) < 4.78 is 1.77. The largest absolute Gasteiger partial charge is 0.345 e. The first-order valence-electron chi connectivity index (χ1n) is 9.99. The van der Waals surface area contributed by atoms with E-state index in [1.54, 1.807) is 4.68 Å². The highest BCUT2D eigenvalue weighted by atomic mass is 16.1. The first kappa shape index (κ1) is 17.4. The van der Waals surface area contributed by atoms with Gasteiger partial charge < -0.3 is 10.2 Å². The molecular formula is C22H25N5O. The van der Waals surface area contributed by atoms with Crippen molar-refractivity contribution in [2.45, 2.75) is 31.7 Å². The number of nitrogens with zero attached hydrogens (tertiary/aromatic N) is 4. The number of fused-ring (bicyclic) bond motifs is 3. The highest BCUT2D eigenvalue weighted by molar-refractivity contribution is 6.07. The summed E-state index contributed by atoms with van der Waals surface area (Å²) in [6, 6.07) is 11.9. The van der Waals surface area contributed by atoms with Gasteiger partial charge in [-0.25, -0.2) is 4.98 Å². The van der Waals surface area contributed by atoms with Crippen LogP contribution in [0.1, 0.15) is 35.3 Å². The molecule has 2 saturated heterocycles. The van der Waals surface area contributed by atoms with Crippen LogP contribution in [0.2, 0.25) is 0 Å². The van der Waals surface area contributed by atoms with Gasteiger partial charge in [0, 0.05) is 25.7 Å². The van der Waals surface area contributed by atoms with E-state index in [-0.39, 0.29) is 11.4 Å². The Bertz CT molecular complexity index is 1050. The highest BCUT2D eigenvalue weighted by Gasteiger charge is 2.42. The molecule has 2 unspecified atom stereocenters. The van der Waals surface area contributed by atoms with Crippen LogP contribution in [0.4, 0.5) is 0 Å². The molecule has 0 radical (unpaired) electrons. The summed E-state index contributed by atoms with van der Waals surface area (Å²) >= 11 is 0. The molecule has 144 valence electrons. The van der Waals surface area contributed by atoms with Crippen LogP contribution in [0.5, 0.6) is 0 Å². The van der Waals surface area contributed by atoms with Crippen LogP contribution in [0.15, 0.2) is 36.4 Å². The number of hydrogen-bond acceptors (Lipinski definition) is 4. The number of piperidine rings is 1. The SMILES string of the molecule is Cc1nn(C)c2nc(-c3ccccc3)cc(C(=O)NC34CCCN(CC3)C4)c12. The van der Waals surface area contributed by atoms with Crippen LogP contribution in [-0.2, 0) is 7.05 Å². The number of rotatable bonds is 3. The number of benzene rings is 1. The van der Waals surface area contributed by atoms with E-state index in [4.69, 9.17) is 4.98 Å². The van der Waals surface area contributed by atoms with Crippen molar-refractivity contribution in [3.63, 3.8) is 0 Å². The molecule has 6 heteroatoms. The minimum atomic E-state index is -0.0893. The predicted octanol–water partition coefficient (Wildman–Crippen LogP) is 2.91. The fourth-order valence-electron chi connectivity index (χ4n) is 4.85. The molecule has 3 aromatic rings. The zero-order valence-electron chi connectivity index (χ0n) is 16.4. The summed E-state index contributed by atoms with van der Waals surface area (Å²) in [6.45, 7) is 5.13. The maximum atomic E-state index is 13.5. The van der Waals surface area contributed by atoms with Gasteiger partial charge in [0.05, 0.1) is 27.9 Å². The number of aromatic nitrogens is 3. The van der Waals surface area contributed by atoms with Crippen molar-refractivity contribution in [3.05, 3.63) is 47.7 Å². The Hall–Kier alpha value is -2.73. The van der Waals surface area contributed by atoms with Gasteiger partial charge in [-0.3, -0.25) is 9.48 Å². The van der Waals surface area contributed by atoms with Crippen molar-refractivity contribution in [2.75, 3.05) is 19.6 Å². The molecule has 2 aliphatic heterocycles. The van der Waals surface area contributed by atoms with E-state index in [0.717, 1.165) is 66.9 Å². The lowest BCUT2D eigenvalue weighted by Gasteiger charge is -2.35. The van der Waals surface area contributed by atoms with E-state index in [1.807, 2.05) is 50.4 Å². The Morgan fingerprint density at radius 1 is 1.18 bits per heavy atom. The van der Waals surface area contributed by atoms with Gasteiger partial charge in [0.1, 0.15) is 0 Å². The molecule has 2 aliphatic rings. The molecule has 0 saturated carbocycles. The molecule has 2 atom stereocenters. The fourth-order valence-corrected chi connectivity index (χ4v) is 4.85. The molecule has 2 aromatic heterocycles. The zero-order chi connectivity index (χ0) is 19.3. The van der Waals surface area contributed by atoms with Crippen LogP contribution >= 0.6 is 0 Å². The quantitative estimate of drug-likeness (QED) is 0.765. The van der Waals surface area contributed by atoms with Crippen LogP contribution in [0.3, 0.4) is 0 Å². The number of carbonyl (C=O) groups is 1. The summed E-state index contributed by atoms with van der Waals surface area (Å²) in [7, 11) is 1.88. The van der Waals surface area contributed by atoms with Crippen LogP contribution < -0.4 is 5.32 Å². The van der Waals surface area contributed by atoms with Gasteiger partial charge in [-0.2, -0.15) is 5.10 Å². The van der Waals surface area contributed by atoms with E-state index in [2.05, 4.69) is 15.3 Å². The van der Waals surface area contributed by atoms with Gasteiger partial charge in [0.25, 0.3) is 5.91 Å². The first-order chi connectivity index (χ1) is 13.5. The van der Waals surface area contributed by atoms with E-state index in [9.17, 15) is 4.79 Å². The lowest BCUT2D eigenvalue weighted by atomic mass is 9.90. The van der Waals surface area contributed by atoms with Gasteiger partial charge in [0.2, 0.25) is 0 Å². The third-order valence-corrected chi connectivity index (χ3v) is 6.22. The van der Waals surface area contributed by atoms with Gasteiger partial charge in [-0.1, -0.05) is 30.3 Å². The Morgan fingerprint density at radius 2 is 2.00 bits per heavy atom. The lowest BCUT2D eigenvalue weighted by Crippen LogP contribution is -2.52. The number of pyridine rings is 1. The number of nitrogens with one attached hydrogen (secondary N) is 1. The molecule has 6 nitrogen and oxygen atoms in total. The maximum Gasteiger partial charge on any atom is 0.252 e. The lowest BCUT2D eigenvalue weighted by molar-refractivity contribution is 0.0879. The number of carbonyl (C=O) groups excluding carboxylic acids is 1. The normalized spacial score (nSPS) is 23.9. The summed E-state index contributed by atoms with van der Waals surface area (Å²) in [4.78, 5) is 20.7. The second-order valence-electron chi connectivity index (χ2n) is 8.19. The minimum absolute atomic E-state index is 0.00979. The number of aryl methyl sites for hydroxylation is 2. The van der Waals surface area contributed by atoms with Crippen molar-refractivity contribution in [1.82, 2.24) is 25.0 Å². The highest BCUT2D eigenvalue weighted by Crippen LogP contribution is 2.33. The summed E-state index contributed by atoms with van der Waals surface area (Å²) in [6.07, 6.45) is 3.23. The fraction of sp³-hybridized carbons (Fsp3) is 0.409. The smallest absolute Gasteiger partial charge is 0.252 e.